The lowest BCUT2D eigenvalue weighted by Crippen LogP contribution is -2.63. The van der Waals surface area contributed by atoms with Gasteiger partial charge in [-0.3, -0.25) is 19.3 Å². The lowest BCUT2D eigenvalue weighted by Gasteiger charge is -2.34. The number of carboxylic acid groups (broad SMARTS) is 1. The number of halogens is 1. The highest BCUT2D eigenvalue weighted by Crippen LogP contribution is 2.41. The third-order valence-corrected chi connectivity index (χ3v) is 5.83. The average Bonchev–Trinajstić information content (AvgIpc) is 2.82. The maximum Gasteiger partial charge on any atom is 0.547 e. The molecule has 2 heterocycles. The molecular weight excluding hydrogens is 502 g/mol. The smallest absolute Gasteiger partial charge is 0.534 e. The molecule has 2 aliphatic rings. The molecule has 0 saturated carbocycles. The summed E-state index contributed by atoms with van der Waals surface area (Å²) in [5.74, 6) is -8.45. The van der Waals surface area contributed by atoms with Crippen molar-refractivity contribution in [2.24, 2.45) is 0 Å². The summed E-state index contributed by atoms with van der Waals surface area (Å²) >= 11 is 0. The number of carboxylic acids is 1. The van der Waals surface area contributed by atoms with Crippen molar-refractivity contribution < 1.29 is 58.5 Å². The Hall–Kier alpha value is -4.12. The van der Waals surface area contributed by atoms with Gasteiger partial charge in [0.05, 0.1) is 12.0 Å². The topological polar surface area (TPSA) is 226 Å². The summed E-state index contributed by atoms with van der Waals surface area (Å²) < 4.78 is 17.7. The number of imide groups is 1. The number of fused-ring (bicyclic) bond motifs is 1. The Bertz CT molecular complexity index is 1130. The number of amides is 5. The fourth-order valence-corrected chi connectivity index (χ4v) is 3.92. The van der Waals surface area contributed by atoms with Gasteiger partial charge in [0.25, 0.3) is 0 Å². The summed E-state index contributed by atoms with van der Waals surface area (Å²) in [6, 6.07) is -1.85. The van der Waals surface area contributed by atoms with Gasteiger partial charge in [-0.15, -0.1) is 0 Å². The summed E-state index contributed by atoms with van der Waals surface area (Å²) in [6.45, 7) is -0.453. The molecule has 0 aliphatic carbocycles. The zero-order valence-corrected chi connectivity index (χ0v) is 19.4. The van der Waals surface area contributed by atoms with E-state index in [4.69, 9.17) is 4.65 Å². The zero-order valence-electron chi connectivity index (χ0n) is 19.4. The van der Waals surface area contributed by atoms with Crippen LogP contribution in [0.5, 0.6) is 17.2 Å². The summed E-state index contributed by atoms with van der Waals surface area (Å²) in [4.78, 5) is 62.6. The number of carbonyl (C=O) groups excluding carboxylic acids is 4. The quantitative estimate of drug-likeness (QED) is 0.110. The van der Waals surface area contributed by atoms with Gasteiger partial charge in [-0.05, 0) is 25.0 Å². The largest absolute Gasteiger partial charge is 0.547 e. The first-order valence-electron chi connectivity index (χ1n) is 11.0. The molecule has 0 bridgehead atoms. The number of aliphatic hydroxyl groups is 1. The second-order valence-corrected chi connectivity index (χ2v) is 8.35. The molecule has 1 aromatic rings. The van der Waals surface area contributed by atoms with E-state index < -0.39 is 84.4 Å². The zero-order chi connectivity index (χ0) is 27.6. The molecule has 1 saturated heterocycles. The van der Waals surface area contributed by atoms with Crippen LogP contribution in [0.25, 0.3) is 0 Å². The standard InChI is InChI=1S/C20H24BFN4O11/c1-8(27)13(24-20(35)26-5-4-25(3-2-22)17(31)18(26)32)16(30)23-11-7-9-6-10(28)14(29)12(19(33)34)15(9)37-21(11)36/h6,8,11,13,27-29,36H,2-5,7H2,1H3,(H,23,30)(H,24,35)(H,33,34)/t8-,11+,13-/m1/s1. The number of aliphatic hydroxyl groups excluding tert-OH is 1. The van der Waals surface area contributed by atoms with Crippen LogP contribution in [0, 0.1) is 0 Å². The third-order valence-electron chi connectivity index (χ3n) is 5.83. The summed E-state index contributed by atoms with van der Waals surface area (Å²) in [6.07, 6.45) is -1.79. The van der Waals surface area contributed by atoms with Gasteiger partial charge in [0.2, 0.25) is 5.91 Å². The minimum Gasteiger partial charge on any atom is -0.534 e. The maximum absolute atomic E-state index is 12.9. The number of phenolic OH excluding ortho intramolecular Hbond substituents is 1. The predicted octanol–water partition coefficient (Wildman–Crippen LogP) is -2.67. The van der Waals surface area contributed by atoms with Gasteiger partial charge in [0, 0.05) is 19.6 Å². The monoisotopic (exact) mass is 526 g/mol. The number of hydrogen-bond donors (Lipinski definition) is 7. The van der Waals surface area contributed by atoms with Gasteiger partial charge in [-0.25, -0.2) is 14.0 Å². The van der Waals surface area contributed by atoms with E-state index >= 15 is 0 Å². The van der Waals surface area contributed by atoms with E-state index in [0.717, 1.165) is 17.9 Å². The molecule has 0 aromatic heterocycles. The highest BCUT2D eigenvalue weighted by atomic mass is 19.1. The first-order chi connectivity index (χ1) is 17.4. The van der Waals surface area contributed by atoms with E-state index in [9.17, 15) is 53.8 Å². The van der Waals surface area contributed by atoms with Gasteiger partial charge in [-0.2, -0.15) is 0 Å². The molecule has 0 unspecified atom stereocenters. The van der Waals surface area contributed by atoms with Crippen LogP contribution in [0.2, 0.25) is 0 Å². The van der Waals surface area contributed by atoms with Crippen LogP contribution in [0.4, 0.5) is 9.18 Å². The molecule has 7 N–H and O–H groups in total. The number of benzene rings is 1. The minimum atomic E-state index is -1.83. The van der Waals surface area contributed by atoms with Crippen LogP contribution < -0.4 is 15.3 Å². The van der Waals surface area contributed by atoms with Crippen LogP contribution >= 0.6 is 0 Å². The number of urea groups is 1. The second kappa shape index (κ2) is 10.9. The van der Waals surface area contributed by atoms with Crippen molar-refractivity contribution in [3.8, 4) is 17.2 Å². The van der Waals surface area contributed by atoms with Crippen molar-refractivity contribution in [1.29, 1.82) is 0 Å². The molecule has 0 radical (unpaired) electrons. The molecule has 200 valence electrons. The van der Waals surface area contributed by atoms with Crippen LogP contribution in [-0.2, 0) is 20.8 Å². The van der Waals surface area contributed by atoms with Gasteiger partial charge < -0.3 is 45.6 Å². The number of nitrogens with zero attached hydrogens (tertiary/aromatic N) is 2. The van der Waals surface area contributed by atoms with Crippen molar-refractivity contribution in [1.82, 2.24) is 20.4 Å². The molecule has 3 rings (SSSR count). The maximum atomic E-state index is 12.9. The summed E-state index contributed by atoms with van der Waals surface area (Å²) in [5, 5.41) is 53.8. The van der Waals surface area contributed by atoms with Crippen LogP contribution in [0.1, 0.15) is 22.8 Å². The Kier molecular flexibility index (Phi) is 8.07. The molecule has 37 heavy (non-hydrogen) atoms. The number of alkyl halides is 1. The van der Waals surface area contributed by atoms with E-state index in [1.165, 1.54) is 0 Å². The SMILES string of the molecule is C[C@@H](O)[C@@H](NC(=O)N1CCN(CCF)C(=O)C1=O)C(=O)N[C@H]1Cc2cc(O)c(O)c(C(=O)O)c2OB1O. The number of phenols is 2. The Morgan fingerprint density at radius 2 is 1.92 bits per heavy atom. The van der Waals surface area contributed by atoms with Gasteiger partial charge >= 0.3 is 30.9 Å². The number of piperazine rings is 1. The third kappa shape index (κ3) is 5.51. The van der Waals surface area contributed by atoms with Crippen molar-refractivity contribution in [3.05, 3.63) is 17.2 Å². The van der Waals surface area contributed by atoms with Gasteiger partial charge in [0.15, 0.2) is 11.5 Å². The average molecular weight is 526 g/mol. The molecule has 3 atom stereocenters. The highest BCUT2D eigenvalue weighted by Gasteiger charge is 2.42. The van der Waals surface area contributed by atoms with Crippen LogP contribution in [0.15, 0.2) is 6.07 Å². The molecule has 5 amide bonds. The first kappa shape index (κ1) is 27.5. The molecule has 1 aromatic carbocycles. The highest BCUT2D eigenvalue weighted by molar-refractivity contribution is 6.47. The lowest BCUT2D eigenvalue weighted by atomic mass is 9.72. The Labute approximate surface area is 208 Å². The molecule has 2 aliphatic heterocycles. The van der Waals surface area contributed by atoms with E-state index in [2.05, 4.69) is 10.6 Å². The number of aromatic carboxylic acids is 1. The van der Waals surface area contributed by atoms with Crippen molar-refractivity contribution in [2.75, 3.05) is 26.3 Å². The van der Waals surface area contributed by atoms with Crippen molar-refractivity contribution in [3.63, 3.8) is 0 Å². The lowest BCUT2D eigenvalue weighted by molar-refractivity contribution is -0.153. The van der Waals surface area contributed by atoms with Gasteiger partial charge in [0.1, 0.15) is 24.0 Å². The number of rotatable bonds is 7. The molecule has 15 nitrogen and oxygen atoms in total. The Balaban J connectivity index is 1.72. The second-order valence-electron chi connectivity index (χ2n) is 8.35. The number of nitrogens with one attached hydrogen (secondary N) is 2. The minimum absolute atomic E-state index is 0.0243. The van der Waals surface area contributed by atoms with E-state index in [-0.39, 0.29) is 31.6 Å². The van der Waals surface area contributed by atoms with Crippen LogP contribution in [0.3, 0.4) is 0 Å². The molecule has 0 spiro atoms. The normalized spacial score (nSPS) is 19.0. The summed E-state index contributed by atoms with van der Waals surface area (Å²) in [7, 11) is -1.83. The number of aromatic hydroxyl groups is 2. The fourth-order valence-electron chi connectivity index (χ4n) is 3.92. The van der Waals surface area contributed by atoms with Crippen molar-refractivity contribution in [2.45, 2.75) is 31.4 Å². The number of carbonyl (C=O) groups is 5. The van der Waals surface area contributed by atoms with Gasteiger partial charge in [-0.1, -0.05) is 0 Å². The molecular formula is C20H24BFN4O11. The Morgan fingerprint density at radius 1 is 1.24 bits per heavy atom. The number of hydrogen-bond acceptors (Lipinski definition) is 10. The first-order valence-corrected chi connectivity index (χ1v) is 11.0. The van der Waals surface area contributed by atoms with Crippen LogP contribution in [-0.4, -0.2) is 116 Å². The molecule has 17 heteroatoms. The van der Waals surface area contributed by atoms with E-state index in [1.807, 2.05) is 0 Å². The van der Waals surface area contributed by atoms with Crippen molar-refractivity contribution >= 4 is 36.8 Å². The van der Waals surface area contributed by atoms with E-state index in [0.29, 0.717) is 4.90 Å². The predicted molar refractivity (Wildman–Crippen MR) is 119 cm³/mol. The Morgan fingerprint density at radius 3 is 2.51 bits per heavy atom. The van der Waals surface area contributed by atoms with E-state index in [1.54, 1.807) is 0 Å². The molecule has 1 fully saturated rings. The fraction of sp³-hybridized carbons (Fsp3) is 0.450. The summed E-state index contributed by atoms with van der Waals surface area (Å²) in [5.41, 5.74) is -0.769.